The van der Waals surface area contributed by atoms with E-state index in [2.05, 4.69) is 31.3 Å². The molecule has 4 rings (SSSR count). The average Bonchev–Trinajstić information content (AvgIpc) is 3.09. The molecule has 0 radical (unpaired) electrons. The van der Waals surface area contributed by atoms with Gasteiger partial charge in [0.2, 0.25) is 5.78 Å². The van der Waals surface area contributed by atoms with Crippen LogP contribution in [0.1, 0.15) is 42.6 Å². The summed E-state index contributed by atoms with van der Waals surface area (Å²) >= 11 is 2.92. The lowest BCUT2D eigenvalue weighted by atomic mass is 9.94. The predicted molar refractivity (Wildman–Crippen MR) is 114 cm³/mol. The van der Waals surface area contributed by atoms with E-state index in [-0.39, 0.29) is 60.4 Å². The lowest BCUT2D eigenvalue weighted by Crippen LogP contribution is -2.39. The van der Waals surface area contributed by atoms with Crippen molar-refractivity contribution < 1.29 is 35.9 Å². The van der Waals surface area contributed by atoms with Gasteiger partial charge in [0, 0.05) is 44.1 Å². The molecule has 2 aromatic rings. The molecule has 0 aromatic carbocycles. The number of hydrogen-bond acceptors (Lipinski definition) is 4. The molecule has 14 heteroatoms. The minimum atomic E-state index is -4.95. The zero-order valence-corrected chi connectivity index (χ0v) is 19.7. The largest absolute Gasteiger partial charge is 0.449 e. The van der Waals surface area contributed by atoms with E-state index in [1.54, 1.807) is 0 Å². The number of anilines is 1. The quantitative estimate of drug-likeness (QED) is 0.407. The zero-order valence-electron chi connectivity index (χ0n) is 18.1. The molecule has 2 amide bonds. The molecule has 0 bridgehead atoms. The van der Waals surface area contributed by atoms with Crippen LogP contribution in [0.2, 0.25) is 0 Å². The second kappa shape index (κ2) is 9.43. The van der Waals surface area contributed by atoms with Crippen molar-refractivity contribution in [3.8, 4) is 0 Å². The molecule has 2 aliphatic heterocycles. The number of nitrogens with one attached hydrogen (secondary N) is 1. The van der Waals surface area contributed by atoms with Gasteiger partial charge in [-0.15, -0.1) is 0 Å². The highest BCUT2D eigenvalue weighted by molar-refractivity contribution is 9.10. The minimum Gasteiger partial charge on any atom is -0.320 e. The molecule has 4 heterocycles. The summed E-state index contributed by atoms with van der Waals surface area (Å²) in [6.07, 6.45) is -5.13. The Morgan fingerprint density at radius 3 is 2.74 bits per heavy atom. The Bertz CT molecular complexity index is 1150. The van der Waals surface area contributed by atoms with Gasteiger partial charge in [-0.1, -0.05) is 0 Å². The Hall–Kier alpha value is -2.64. The van der Waals surface area contributed by atoms with Gasteiger partial charge >= 0.3 is 12.2 Å². The number of alkyl halides is 5. The fourth-order valence-electron chi connectivity index (χ4n) is 4.40. The first kappa shape index (κ1) is 25.5. The van der Waals surface area contributed by atoms with Gasteiger partial charge in [0.1, 0.15) is 10.3 Å². The fourth-order valence-corrected chi connectivity index (χ4v) is 4.73. The Balaban J connectivity index is 1.52. The van der Waals surface area contributed by atoms with Crippen LogP contribution in [0.5, 0.6) is 0 Å². The van der Waals surface area contributed by atoms with E-state index in [1.807, 2.05) is 0 Å². The first-order chi connectivity index (χ1) is 16.4. The molecule has 35 heavy (non-hydrogen) atoms. The number of ketones is 1. The van der Waals surface area contributed by atoms with Crippen LogP contribution < -0.4 is 5.32 Å². The Kier molecular flexibility index (Phi) is 6.86. The first-order valence-electron chi connectivity index (χ1n) is 10.8. The lowest BCUT2D eigenvalue weighted by Gasteiger charge is -2.28. The average molecular weight is 568 g/mol. The van der Waals surface area contributed by atoms with Crippen molar-refractivity contribution in [1.82, 2.24) is 19.7 Å². The van der Waals surface area contributed by atoms with Crippen molar-refractivity contribution in [2.24, 2.45) is 5.92 Å². The van der Waals surface area contributed by atoms with Gasteiger partial charge in [-0.25, -0.2) is 14.2 Å². The van der Waals surface area contributed by atoms with Crippen molar-refractivity contribution in [2.45, 2.75) is 57.3 Å². The van der Waals surface area contributed by atoms with Crippen LogP contribution in [0.25, 0.3) is 0 Å². The van der Waals surface area contributed by atoms with Crippen LogP contribution in [0, 0.1) is 11.7 Å². The summed E-state index contributed by atoms with van der Waals surface area (Å²) < 4.78 is 83.0. The van der Waals surface area contributed by atoms with Gasteiger partial charge < -0.3 is 10.2 Å². The van der Waals surface area contributed by atoms with E-state index in [9.17, 15) is 27.2 Å². The highest BCUT2D eigenvalue weighted by Gasteiger charge is 2.44. The number of urea groups is 1. The molecule has 7 nitrogen and oxygen atoms in total. The number of aromatic nitrogens is 3. The second-order valence-corrected chi connectivity index (χ2v) is 9.34. The first-order valence-corrected chi connectivity index (χ1v) is 11.6. The van der Waals surface area contributed by atoms with E-state index in [1.165, 1.54) is 17.2 Å². The number of pyridine rings is 1. The summed E-state index contributed by atoms with van der Waals surface area (Å²) in [6, 6.07) is 0.574. The number of hydrogen-bond donors (Lipinski definition) is 1. The Morgan fingerprint density at radius 1 is 1.29 bits per heavy atom. The molecule has 0 spiro atoms. The topological polar surface area (TPSA) is 80.1 Å². The molecular weight excluding hydrogens is 548 g/mol. The second-order valence-electron chi connectivity index (χ2n) is 8.59. The van der Waals surface area contributed by atoms with Gasteiger partial charge in [-0.05, 0) is 40.8 Å². The molecule has 1 N–H and O–H groups in total. The number of halogens is 7. The van der Waals surface area contributed by atoms with E-state index >= 15 is 8.78 Å². The summed E-state index contributed by atoms with van der Waals surface area (Å²) in [5.74, 6) is -6.56. The molecule has 1 unspecified atom stereocenters. The van der Waals surface area contributed by atoms with E-state index < -0.39 is 48.5 Å². The molecule has 0 saturated heterocycles. The van der Waals surface area contributed by atoms with Crippen molar-refractivity contribution in [2.75, 3.05) is 11.9 Å². The van der Waals surface area contributed by atoms with Crippen molar-refractivity contribution in [3.63, 3.8) is 0 Å². The van der Waals surface area contributed by atoms with Crippen LogP contribution >= 0.6 is 15.9 Å². The van der Waals surface area contributed by atoms with E-state index in [0.29, 0.717) is 5.69 Å². The Morgan fingerprint density at radius 2 is 2.03 bits per heavy atom. The summed E-state index contributed by atoms with van der Waals surface area (Å²) in [4.78, 5) is 28.9. The third kappa shape index (κ3) is 5.31. The van der Waals surface area contributed by atoms with Gasteiger partial charge in [0.15, 0.2) is 5.82 Å². The zero-order chi connectivity index (χ0) is 25.5. The summed E-state index contributed by atoms with van der Waals surface area (Å²) in [5.41, 5.74) is 0.0685. The third-order valence-electron chi connectivity index (χ3n) is 6.22. The highest BCUT2D eigenvalue weighted by atomic mass is 79.9. The summed E-state index contributed by atoms with van der Waals surface area (Å²) in [7, 11) is 0. The number of rotatable bonds is 4. The lowest BCUT2D eigenvalue weighted by molar-refractivity contribution is -0.171. The minimum absolute atomic E-state index is 0.0501. The van der Waals surface area contributed by atoms with Gasteiger partial charge in [-0.3, -0.25) is 9.48 Å². The van der Waals surface area contributed by atoms with Gasteiger partial charge in [-0.2, -0.15) is 27.1 Å². The van der Waals surface area contributed by atoms with Crippen LogP contribution in [0.4, 0.5) is 36.8 Å². The monoisotopic (exact) mass is 567 g/mol. The maximum absolute atomic E-state index is 15.1. The molecule has 0 saturated carbocycles. The molecule has 0 fully saturated rings. The number of Topliss-reactive ketones (excluding diaryl/α,β-unsaturated/α-hetero) is 1. The number of amides is 2. The Labute approximate surface area is 204 Å². The van der Waals surface area contributed by atoms with Crippen molar-refractivity contribution >= 4 is 33.4 Å². The molecule has 0 aliphatic carbocycles. The standard InChI is InChI=1S/C21H20BrF6N5O2/c22-18-16(23)14(4-7-29-18)30-19(35)32-8-5-13-12(10-32)17-20(24,25)6-3-11(9-33(17)31-13)1-2-15(34)21(26,27)28/h4,7,11H,1-3,5-6,8-10H2,(H,29,30,35). The van der Waals surface area contributed by atoms with Crippen LogP contribution in [-0.4, -0.2) is 44.2 Å². The molecule has 2 aromatic heterocycles. The number of carbonyl (C=O) groups is 2. The highest BCUT2D eigenvalue weighted by Crippen LogP contribution is 2.42. The van der Waals surface area contributed by atoms with Crippen LogP contribution in [0.3, 0.4) is 0 Å². The van der Waals surface area contributed by atoms with Gasteiger partial charge in [0.25, 0.3) is 5.92 Å². The molecule has 1 atom stereocenters. The van der Waals surface area contributed by atoms with Crippen molar-refractivity contribution in [1.29, 1.82) is 0 Å². The number of fused-ring (bicyclic) bond motifs is 3. The smallest absolute Gasteiger partial charge is 0.320 e. The normalized spacial score (nSPS) is 19.5. The van der Waals surface area contributed by atoms with E-state index in [0.717, 1.165) is 4.68 Å². The molecule has 2 aliphatic rings. The summed E-state index contributed by atoms with van der Waals surface area (Å²) in [5, 5.41) is 6.68. The van der Waals surface area contributed by atoms with Crippen molar-refractivity contribution in [3.05, 3.63) is 39.6 Å². The van der Waals surface area contributed by atoms with E-state index in [4.69, 9.17) is 0 Å². The number of carbonyl (C=O) groups excluding carboxylic acids is 2. The fraction of sp³-hybridized carbons (Fsp3) is 0.524. The molecule has 190 valence electrons. The van der Waals surface area contributed by atoms with Crippen LogP contribution in [-0.2, 0) is 30.2 Å². The summed E-state index contributed by atoms with van der Waals surface area (Å²) in [6.45, 7) is -0.0824. The number of nitrogens with zero attached hydrogens (tertiary/aromatic N) is 4. The SMILES string of the molecule is O=C(Nc1ccnc(Br)c1F)N1CCc2nn3c(c2C1)C(F)(F)CCC(CCC(=O)C(F)(F)F)C3. The molecular formula is C21H20BrF6N5O2. The third-order valence-corrected chi connectivity index (χ3v) is 6.77. The maximum Gasteiger partial charge on any atom is 0.449 e. The van der Waals surface area contributed by atoms with Crippen LogP contribution in [0.15, 0.2) is 16.9 Å². The maximum atomic E-state index is 15.1. The van der Waals surface area contributed by atoms with Gasteiger partial charge in [0.05, 0.1) is 17.9 Å². The predicted octanol–water partition coefficient (Wildman–Crippen LogP) is 5.18.